The van der Waals surface area contributed by atoms with Crippen LogP contribution < -0.4 is 4.74 Å². The quantitative estimate of drug-likeness (QED) is 0.322. The van der Waals surface area contributed by atoms with E-state index in [1.165, 1.54) is 5.56 Å². The number of ether oxygens (including phenoxy) is 1. The van der Waals surface area contributed by atoms with Crippen LogP contribution in [0.15, 0.2) is 54.1 Å². The summed E-state index contributed by atoms with van der Waals surface area (Å²) in [4.78, 5) is 29.9. The van der Waals surface area contributed by atoms with Gasteiger partial charge in [-0.15, -0.1) is 0 Å². The number of hydrogen-bond acceptors (Lipinski definition) is 5. The second kappa shape index (κ2) is 10.9. The minimum atomic E-state index is -0.650. The van der Waals surface area contributed by atoms with Gasteiger partial charge in [-0.2, -0.15) is 0 Å². The molecular formula is C28H36N2O4. The van der Waals surface area contributed by atoms with Crippen LogP contribution >= 0.6 is 0 Å². The van der Waals surface area contributed by atoms with Crippen LogP contribution in [-0.2, 0) is 9.59 Å². The first-order valence-electron chi connectivity index (χ1n) is 11.9. The number of benzene rings is 2. The Morgan fingerprint density at radius 2 is 1.62 bits per heavy atom. The van der Waals surface area contributed by atoms with Crippen LogP contribution in [0.2, 0.25) is 0 Å². The molecule has 0 aromatic heterocycles. The highest BCUT2D eigenvalue weighted by atomic mass is 16.5. The maximum Gasteiger partial charge on any atom is 0.295 e. The molecule has 1 unspecified atom stereocenters. The fourth-order valence-electron chi connectivity index (χ4n) is 4.20. The Hall–Kier alpha value is -3.12. The fourth-order valence-corrected chi connectivity index (χ4v) is 4.20. The normalized spacial score (nSPS) is 17.9. The Labute approximate surface area is 202 Å². The standard InChI is InChI=1S/C28H36N2O4/c1-18(2)20-8-10-21(11-9-20)25-24(27(32)28(33)30(25)17-7-16-29(5)6)26(31)22-12-14-23(15-13-22)34-19(3)4/h8-15,18-19,25,31H,7,16-17H2,1-6H3/b26-24-. The number of likely N-dealkylation sites (tertiary alicyclic amines) is 1. The fraction of sp³-hybridized carbons (Fsp3) is 0.429. The summed E-state index contributed by atoms with van der Waals surface area (Å²) in [5, 5.41) is 11.2. The number of hydrogen-bond donors (Lipinski definition) is 1. The highest BCUT2D eigenvalue weighted by molar-refractivity contribution is 6.46. The van der Waals surface area contributed by atoms with Gasteiger partial charge in [0.05, 0.1) is 17.7 Å². The van der Waals surface area contributed by atoms with Crippen LogP contribution in [0.4, 0.5) is 0 Å². The highest BCUT2D eigenvalue weighted by Crippen LogP contribution is 2.40. The number of rotatable bonds is 9. The molecule has 6 nitrogen and oxygen atoms in total. The molecule has 1 saturated heterocycles. The van der Waals surface area contributed by atoms with Crippen LogP contribution in [0.1, 0.15) is 62.8 Å². The van der Waals surface area contributed by atoms with Crippen molar-refractivity contribution in [1.82, 2.24) is 9.80 Å². The third-order valence-corrected chi connectivity index (χ3v) is 5.96. The number of amides is 1. The van der Waals surface area contributed by atoms with Crippen LogP contribution in [0.3, 0.4) is 0 Å². The number of nitrogens with zero attached hydrogens (tertiary/aromatic N) is 2. The van der Waals surface area contributed by atoms with Crippen molar-refractivity contribution in [3.05, 3.63) is 70.8 Å². The van der Waals surface area contributed by atoms with E-state index in [2.05, 4.69) is 13.8 Å². The molecule has 0 spiro atoms. The Bertz CT molecular complexity index is 1040. The van der Waals surface area contributed by atoms with Gasteiger partial charge in [0, 0.05) is 12.1 Å². The molecule has 2 aromatic carbocycles. The number of aliphatic hydroxyl groups is 1. The summed E-state index contributed by atoms with van der Waals surface area (Å²) < 4.78 is 5.68. The summed E-state index contributed by atoms with van der Waals surface area (Å²) >= 11 is 0. The van der Waals surface area contributed by atoms with Gasteiger partial charge in [0.15, 0.2) is 0 Å². The number of Topliss-reactive ketones (excluding diaryl/α,β-unsaturated/α-hetero) is 1. The number of aliphatic hydroxyl groups excluding tert-OH is 1. The predicted octanol–water partition coefficient (Wildman–Crippen LogP) is 4.97. The van der Waals surface area contributed by atoms with Crippen molar-refractivity contribution in [2.75, 3.05) is 27.2 Å². The molecule has 0 aliphatic carbocycles. The predicted molar refractivity (Wildman–Crippen MR) is 135 cm³/mol. The first-order valence-corrected chi connectivity index (χ1v) is 11.9. The molecule has 3 rings (SSSR count). The Morgan fingerprint density at radius 3 is 2.15 bits per heavy atom. The molecule has 34 heavy (non-hydrogen) atoms. The molecule has 2 aromatic rings. The Morgan fingerprint density at radius 1 is 1.00 bits per heavy atom. The van der Waals surface area contributed by atoms with Crippen molar-refractivity contribution < 1.29 is 19.4 Å². The largest absolute Gasteiger partial charge is 0.507 e. The summed E-state index contributed by atoms with van der Waals surface area (Å²) in [5.74, 6) is -0.341. The smallest absolute Gasteiger partial charge is 0.295 e. The SMILES string of the molecule is CC(C)Oc1ccc(/C(O)=C2/C(=O)C(=O)N(CCCN(C)C)C2c2ccc(C(C)C)cc2)cc1. The lowest BCUT2D eigenvalue weighted by Gasteiger charge is -2.26. The Kier molecular flexibility index (Phi) is 8.15. The van der Waals surface area contributed by atoms with Crippen molar-refractivity contribution in [3.8, 4) is 5.75 Å². The van der Waals surface area contributed by atoms with Gasteiger partial charge in [0.1, 0.15) is 11.5 Å². The molecule has 1 amide bonds. The average molecular weight is 465 g/mol. The van der Waals surface area contributed by atoms with E-state index in [0.29, 0.717) is 23.8 Å². The monoisotopic (exact) mass is 464 g/mol. The molecule has 0 radical (unpaired) electrons. The maximum absolute atomic E-state index is 13.2. The average Bonchev–Trinajstić information content (AvgIpc) is 3.03. The summed E-state index contributed by atoms with van der Waals surface area (Å²) in [6.07, 6.45) is 0.753. The first kappa shape index (κ1) is 25.5. The molecular weight excluding hydrogens is 428 g/mol. The van der Waals surface area contributed by atoms with E-state index in [-0.39, 0.29) is 17.4 Å². The van der Waals surface area contributed by atoms with Gasteiger partial charge in [-0.1, -0.05) is 38.1 Å². The van der Waals surface area contributed by atoms with Crippen molar-refractivity contribution in [1.29, 1.82) is 0 Å². The van der Waals surface area contributed by atoms with Gasteiger partial charge in [0.25, 0.3) is 11.7 Å². The van der Waals surface area contributed by atoms with E-state index in [4.69, 9.17) is 4.74 Å². The zero-order chi connectivity index (χ0) is 25.0. The molecule has 1 heterocycles. The Balaban J connectivity index is 2.04. The molecule has 1 N–H and O–H groups in total. The minimum absolute atomic E-state index is 0.0285. The summed E-state index contributed by atoms with van der Waals surface area (Å²) in [6.45, 7) is 9.34. The lowest BCUT2D eigenvalue weighted by atomic mass is 9.93. The van der Waals surface area contributed by atoms with E-state index in [0.717, 1.165) is 18.5 Å². The van der Waals surface area contributed by atoms with Crippen LogP contribution in [-0.4, -0.2) is 59.9 Å². The molecule has 182 valence electrons. The third-order valence-electron chi connectivity index (χ3n) is 5.96. The first-order chi connectivity index (χ1) is 16.1. The number of ketones is 1. The van der Waals surface area contributed by atoms with Crippen LogP contribution in [0.25, 0.3) is 5.76 Å². The topological polar surface area (TPSA) is 70.1 Å². The molecule has 6 heteroatoms. The zero-order valence-electron chi connectivity index (χ0n) is 21.0. The van der Waals surface area contributed by atoms with Crippen molar-refractivity contribution in [3.63, 3.8) is 0 Å². The van der Waals surface area contributed by atoms with Crippen LogP contribution in [0.5, 0.6) is 5.75 Å². The van der Waals surface area contributed by atoms with Crippen molar-refractivity contribution in [2.45, 2.75) is 52.2 Å². The molecule has 0 bridgehead atoms. The van der Waals surface area contributed by atoms with E-state index >= 15 is 0 Å². The summed E-state index contributed by atoms with van der Waals surface area (Å²) in [7, 11) is 3.95. The minimum Gasteiger partial charge on any atom is -0.507 e. The van der Waals surface area contributed by atoms with Gasteiger partial charge in [0.2, 0.25) is 0 Å². The maximum atomic E-state index is 13.2. The highest BCUT2D eigenvalue weighted by Gasteiger charge is 2.45. The van der Waals surface area contributed by atoms with Crippen LogP contribution in [0, 0.1) is 0 Å². The van der Waals surface area contributed by atoms with Gasteiger partial charge in [-0.05, 0) is 82.2 Å². The molecule has 1 atom stereocenters. The molecule has 1 aliphatic rings. The molecule has 1 aliphatic heterocycles. The lowest BCUT2D eigenvalue weighted by Crippen LogP contribution is -2.32. The van der Waals surface area contributed by atoms with E-state index in [1.54, 1.807) is 29.2 Å². The van der Waals surface area contributed by atoms with E-state index in [1.807, 2.05) is 57.1 Å². The zero-order valence-corrected chi connectivity index (χ0v) is 21.0. The van der Waals surface area contributed by atoms with E-state index < -0.39 is 17.7 Å². The van der Waals surface area contributed by atoms with Gasteiger partial charge in [-0.25, -0.2) is 0 Å². The number of carbonyl (C=O) groups excluding carboxylic acids is 2. The van der Waals surface area contributed by atoms with Crippen molar-refractivity contribution in [2.24, 2.45) is 0 Å². The van der Waals surface area contributed by atoms with Gasteiger partial charge < -0.3 is 19.6 Å². The third kappa shape index (κ3) is 5.68. The molecule has 0 saturated carbocycles. The van der Waals surface area contributed by atoms with Crippen molar-refractivity contribution >= 4 is 17.4 Å². The van der Waals surface area contributed by atoms with Gasteiger partial charge >= 0.3 is 0 Å². The summed E-state index contributed by atoms with van der Waals surface area (Å²) in [5.41, 5.74) is 2.60. The lowest BCUT2D eigenvalue weighted by molar-refractivity contribution is -0.139. The summed E-state index contributed by atoms with van der Waals surface area (Å²) in [6, 6.07) is 14.3. The molecule has 1 fully saturated rings. The van der Waals surface area contributed by atoms with Gasteiger partial charge in [-0.3, -0.25) is 9.59 Å². The van der Waals surface area contributed by atoms with E-state index in [9.17, 15) is 14.7 Å². The second-order valence-electron chi connectivity index (χ2n) is 9.66. The number of carbonyl (C=O) groups is 2. The second-order valence-corrected chi connectivity index (χ2v) is 9.66.